The lowest BCUT2D eigenvalue weighted by atomic mass is 9.98. The number of H-pyrrole nitrogens is 1. The van der Waals surface area contributed by atoms with E-state index in [0.29, 0.717) is 6.10 Å². The topological polar surface area (TPSA) is 37.0 Å². The lowest BCUT2D eigenvalue weighted by Crippen LogP contribution is -2.20. The maximum Gasteiger partial charge on any atom is 0.0575 e. The van der Waals surface area contributed by atoms with E-state index in [2.05, 4.69) is 34.6 Å². The Morgan fingerprint density at radius 2 is 2.05 bits per heavy atom. The third-order valence-corrected chi connectivity index (χ3v) is 4.35. The number of aromatic nitrogens is 1. The molecule has 0 spiro atoms. The molecule has 0 saturated heterocycles. The van der Waals surface area contributed by atoms with E-state index >= 15 is 0 Å². The van der Waals surface area contributed by atoms with Crippen molar-refractivity contribution in [3.8, 4) is 0 Å². The molecule has 0 atom stereocenters. The van der Waals surface area contributed by atoms with E-state index in [1.807, 2.05) is 6.20 Å². The second-order valence-electron chi connectivity index (χ2n) is 6.06. The summed E-state index contributed by atoms with van der Waals surface area (Å²) in [7, 11) is 0. The number of fused-ring (bicyclic) bond motifs is 1. The Hall–Kier alpha value is -1.32. The van der Waals surface area contributed by atoms with Gasteiger partial charge < -0.3 is 15.0 Å². The molecule has 3 rings (SSSR count). The van der Waals surface area contributed by atoms with E-state index in [-0.39, 0.29) is 0 Å². The van der Waals surface area contributed by atoms with Crippen LogP contribution in [-0.4, -0.2) is 24.2 Å². The fourth-order valence-corrected chi connectivity index (χ4v) is 3.12. The third-order valence-electron chi connectivity index (χ3n) is 4.35. The highest BCUT2D eigenvalue weighted by Crippen LogP contribution is 2.20. The number of hydrogen-bond acceptors (Lipinski definition) is 2. The summed E-state index contributed by atoms with van der Waals surface area (Å²) in [6.45, 7) is 2.86. The van der Waals surface area contributed by atoms with E-state index in [4.69, 9.17) is 4.74 Å². The van der Waals surface area contributed by atoms with Gasteiger partial charge in [-0.05, 0) is 55.0 Å². The van der Waals surface area contributed by atoms with Gasteiger partial charge in [0.25, 0.3) is 0 Å². The van der Waals surface area contributed by atoms with Crippen molar-refractivity contribution in [2.45, 2.75) is 51.2 Å². The highest BCUT2D eigenvalue weighted by atomic mass is 16.5. The molecule has 2 N–H and O–H groups in total. The molecule has 1 aliphatic carbocycles. The highest BCUT2D eigenvalue weighted by molar-refractivity contribution is 5.79. The molecule has 0 amide bonds. The van der Waals surface area contributed by atoms with Crippen LogP contribution in [0.1, 0.15) is 44.1 Å². The third kappa shape index (κ3) is 4.32. The highest BCUT2D eigenvalue weighted by Gasteiger charge is 2.12. The minimum Gasteiger partial charge on any atom is -0.378 e. The molecule has 0 aliphatic heterocycles. The SMILES string of the molecule is c1cc2cc(CNCCCOC3CCCCC3)ccc2[nH]1. The van der Waals surface area contributed by atoms with Crippen molar-refractivity contribution in [1.82, 2.24) is 10.3 Å². The van der Waals surface area contributed by atoms with Crippen LogP contribution in [0, 0.1) is 0 Å². The molecular weight excluding hydrogens is 260 g/mol. The first-order valence-corrected chi connectivity index (χ1v) is 8.30. The van der Waals surface area contributed by atoms with Crippen LogP contribution in [0.5, 0.6) is 0 Å². The van der Waals surface area contributed by atoms with Gasteiger partial charge in [0.15, 0.2) is 0 Å². The van der Waals surface area contributed by atoms with Gasteiger partial charge in [0.2, 0.25) is 0 Å². The largest absolute Gasteiger partial charge is 0.378 e. The molecule has 3 heteroatoms. The lowest BCUT2D eigenvalue weighted by molar-refractivity contribution is 0.0273. The van der Waals surface area contributed by atoms with Crippen LogP contribution >= 0.6 is 0 Å². The second-order valence-corrected chi connectivity index (χ2v) is 6.06. The Labute approximate surface area is 127 Å². The molecule has 0 unspecified atom stereocenters. The van der Waals surface area contributed by atoms with Gasteiger partial charge in [0.1, 0.15) is 0 Å². The summed E-state index contributed by atoms with van der Waals surface area (Å²) in [5.41, 5.74) is 2.55. The van der Waals surface area contributed by atoms with Crippen molar-refractivity contribution in [1.29, 1.82) is 0 Å². The Morgan fingerprint density at radius 1 is 1.14 bits per heavy atom. The standard InChI is InChI=1S/C18H26N2O/c1-2-5-17(6-3-1)21-12-4-10-19-14-15-7-8-18-16(13-15)9-11-20-18/h7-9,11,13,17,19-20H,1-6,10,12,14H2. The summed E-state index contributed by atoms with van der Waals surface area (Å²) < 4.78 is 5.94. The predicted molar refractivity (Wildman–Crippen MR) is 87.4 cm³/mol. The maximum absolute atomic E-state index is 5.94. The number of aromatic amines is 1. The van der Waals surface area contributed by atoms with E-state index in [1.165, 1.54) is 48.6 Å². The van der Waals surface area contributed by atoms with Gasteiger partial charge in [-0.15, -0.1) is 0 Å². The fourth-order valence-electron chi connectivity index (χ4n) is 3.12. The van der Waals surface area contributed by atoms with Crippen molar-refractivity contribution in [2.24, 2.45) is 0 Å². The number of rotatable bonds is 7. The van der Waals surface area contributed by atoms with Crippen molar-refractivity contribution in [3.63, 3.8) is 0 Å². The van der Waals surface area contributed by atoms with Crippen LogP contribution < -0.4 is 5.32 Å². The molecular formula is C18H26N2O. The molecule has 1 fully saturated rings. The van der Waals surface area contributed by atoms with Crippen molar-refractivity contribution in [3.05, 3.63) is 36.0 Å². The summed E-state index contributed by atoms with van der Waals surface area (Å²) in [5, 5.41) is 4.79. The molecule has 2 aromatic rings. The normalized spacial score (nSPS) is 16.6. The van der Waals surface area contributed by atoms with Gasteiger partial charge in [-0.1, -0.05) is 25.3 Å². The van der Waals surface area contributed by atoms with Crippen LogP contribution in [-0.2, 0) is 11.3 Å². The van der Waals surface area contributed by atoms with Crippen molar-refractivity contribution >= 4 is 10.9 Å². The van der Waals surface area contributed by atoms with Gasteiger partial charge in [0, 0.05) is 24.9 Å². The number of ether oxygens (including phenoxy) is 1. The van der Waals surface area contributed by atoms with Crippen molar-refractivity contribution < 1.29 is 4.74 Å². The number of hydrogen-bond donors (Lipinski definition) is 2. The molecule has 1 aromatic carbocycles. The molecule has 114 valence electrons. The molecule has 1 aliphatic rings. The van der Waals surface area contributed by atoms with E-state index in [1.54, 1.807) is 0 Å². The Balaban J connectivity index is 1.30. The number of nitrogens with one attached hydrogen (secondary N) is 2. The average Bonchev–Trinajstić information content (AvgIpc) is 2.99. The van der Waals surface area contributed by atoms with Gasteiger partial charge in [-0.3, -0.25) is 0 Å². The predicted octanol–water partition coefficient (Wildman–Crippen LogP) is 4.00. The summed E-state index contributed by atoms with van der Waals surface area (Å²) in [6.07, 6.45) is 10.3. The average molecular weight is 286 g/mol. The Morgan fingerprint density at radius 3 is 2.95 bits per heavy atom. The minimum absolute atomic E-state index is 0.537. The van der Waals surface area contributed by atoms with E-state index in [0.717, 1.165) is 26.1 Å². The first kappa shape index (κ1) is 14.6. The first-order chi connectivity index (χ1) is 10.4. The zero-order chi connectivity index (χ0) is 14.3. The molecule has 0 radical (unpaired) electrons. The van der Waals surface area contributed by atoms with Crippen molar-refractivity contribution in [2.75, 3.05) is 13.2 Å². The van der Waals surface area contributed by atoms with Crippen LogP contribution in [0.2, 0.25) is 0 Å². The summed E-state index contributed by atoms with van der Waals surface area (Å²) >= 11 is 0. The fraction of sp³-hybridized carbons (Fsp3) is 0.556. The summed E-state index contributed by atoms with van der Waals surface area (Å²) in [4.78, 5) is 3.22. The Kier molecular flexibility index (Phi) is 5.30. The maximum atomic E-state index is 5.94. The first-order valence-electron chi connectivity index (χ1n) is 8.30. The summed E-state index contributed by atoms with van der Waals surface area (Å²) in [6, 6.07) is 8.71. The van der Waals surface area contributed by atoms with Gasteiger partial charge in [-0.2, -0.15) is 0 Å². The van der Waals surface area contributed by atoms with Gasteiger partial charge in [0.05, 0.1) is 6.10 Å². The second kappa shape index (κ2) is 7.62. The Bertz CT molecular complexity index is 543. The summed E-state index contributed by atoms with van der Waals surface area (Å²) in [5.74, 6) is 0. The van der Waals surface area contributed by atoms with E-state index in [9.17, 15) is 0 Å². The van der Waals surface area contributed by atoms with Gasteiger partial charge in [-0.25, -0.2) is 0 Å². The zero-order valence-electron chi connectivity index (χ0n) is 12.7. The quantitative estimate of drug-likeness (QED) is 0.755. The van der Waals surface area contributed by atoms with Crippen LogP contribution in [0.3, 0.4) is 0 Å². The van der Waals surface area contributed by atoms with Gasteiger partial charge >= 0.3 is 0 Å². The minimum atomic E-state index is 0.537. The molecule has 21 heavy (non-hydrogen) atoms. The number of benzene rings is 1. The molecule has 1 heterocycles. The zero-order valence-corrected chi connectivity index (χ0v) is 12.7. The molecule has 3 nitrogen and oxygen atoms in total. The molecule has 0 bridgehead atoms. The lowest BCUT2D eigenvalue weighted by Gasteiger charge is -2.21. The van der Waals surface area contributed by atoms with E-state index < -0.39 is 0 Å². The monoisotopic (exact) mass is 286 g/mol. The molecule has 1 aromatic heterocycles. The molecule has 1 saturated carbocycles. The van der Waals surface area contributed by atoms with Crippen LogP contribution in [0.4, 0.5) is 0 Å². The van der Waals surface area contributed by atoms with Crippen LogP contribution in [0.25, 0.3) is 10.9 Å². The smallest absolute Gasteiger partial charge is 0.0575 e. The van der Waals surface area contributed by atoms with Crippen LogP contribution in [0.15, 0.2) is 30.5 Å².